The van der Waals surface area contributed by atoms with Gasteiger partial charge in [-0.05, 0) is 30.2 Å². The van der Waals surface area contributed by atoms with Gasteiger partial charge in [-0.25, -0.2) is 0 Å². The Morgan fingerprint density at radius 3 is 2.75 bits per heavy atom. The molecule has 6 heteroatoms. The number of aliphatic imine (C=N–C) groups is 1. The van der Waals surface area contributed by atoms with Crippen molar-refractivity contribution in [2.75, 3.05) is 12.5 Å². The lowest BCUT2D eigenvalue weighted by atomic mass is 10.1. The molecule has 4 rings (SSSR count). The normalized spacial score (nSPS) is 17.5. The summed E-state index contributed by atoms with van der Waals surface area (Å²) in [6.45, 7) is 2.96. The van der Waals surface area contributed by atoms with Gasteiger partial charge in [0, 0.05) is 5.75 Å². The second kappa shape index (κ2) is 6.57. The summed E-state index contributed by atoms with van der Waals surface area (Å²) in [6.07, 6.45) is 0. The van der Waals surface area contributed by atoms with Gasteiger partial charge < -0.3 is 9.47 Å². The van der Waals surface area contributed by atoms with Crippen LogP contribution in [0.5, 0.6) is 11.5 Å². The molecule has 2 aliphatic rings. The standard InChI is InChI=1S/C18H17N3O2S/c1-12-2-5-14(6-3-12)15-10-24-18(21-20-15)19-9-13-4-7-16-17(8-13)23-11-22-16/h2-8H,9-11H2,1H3,(H,19,21). The van der Waals surface area contributed by atoms with Gasteiger partial charge in [-0.15, -0.1) is 0 Å². The Morgan fingerprint density at radius 1 is 1.12 bits per heavy atom. The number of ether oxygens (including phenoxy) is 2. The van der Waals surface area contributed by atoms with Gasteiger partial charge in [0.15, 0.2) is 16.7 Å². The third kappa shape index (κ3) is 3.23. The summed E-state index contributed by atoms with van der Waals surface area (Å²) in [5.41, 5.74) is 7.58. The zero-order valence-corrected chi connectivity index (χ0v) is 14.1. The third-order valence-corrected chi connectivity index (χ3v) is 4.77. The molecule has 5 nitrogen and oxygen atoms in total. The van der Waals surface area contributed by atoms with E-state index < -0.39 is 0 Å². The largest absolute Gasteiger partial charge is 0.454 e. The van der Waals surface area contributed by atoms with E-state index in [1.54, 1.807) is 11.8 Å². The molecule has 2 aromatic carbocycles. The molecule has 2 aromatic rings. The van der Waals surface area contributed by atoms with Crippen molar-refractivity contribution < 1.29 is 9.47 Å². The van der Waals surface area contributed by atoms with Crippen molar-refractivity contribution in [3.8, 4) is 11.5 Å². The van der Waals surface area contributed by atoms with E-state index in [4.69, 9.17) is 9.47 Å². The van der Waals surface area contributed by atoms with Gasteiger partial charge in [-0.1, -0.05) is 47.7 Å². The number of hydrogen-bond acceptors (Lipinski definition) is 5. The molecule has 0 bridgehead atoms. The maximum atomic E-state index is 5.39. The Morgan fingerprint density at radius 2 is 1.96 bits per heavy atom. The quantitative estimate of drug-likeness (QED) is 0.932. The molecule has 0 aromatic heterocycles. The second-order valence-electron chi connectivity index (χ2n) is 5.63. The summed E-state index contributed by atoms with van der Waals surface area (Å²) < 4.78 is 10.7. The predicted molar refractivity (Wildman–Crippen MR) is 97.0 cm³/mol. The van der Waals surface area contributed by atoms with E-state index in [0.717, 1.165) is 39.3 Å². The SMILES string of the molecule is Cc1ccc(C2=NNC(=NCc3ccc4c(c3)OCO4)SC2)cc1. The first-order valence-corrected chi connectivity index (χ1v) is 8.72. The molecular formula is C18H17N3O2S. The zero-order chi connectivity index (χ0) is 16.4. The molecule has 0 spiro atoms. The first-order valence-electron chi connectivity index (χ1n) is 7.73. The maximum absolute atomic E-state index is 5.39. The van der Waals surface area contributed by atoms with E-state index in [1.807, 2.05) is 18.2 Å². The Bertz CT molecular complexity index is 816. The van der Waals surface area contributed by atoms with E-state index in [0.29, 0.717) is 13.3 Å². The summed E-state index contributed by atoms with van der Waals surface area (Å²) >= 11 is 1.67. The van der Waals surface area contributed by atoms with Crippen LogP contribution in [0.25, 0.3) is 0 Å². The van der Waals surface area contributed by atoms with E-state index in [-0.39, 0.29) is 0 Å². The maximum Gasteiger partial charge on any atom is 0.231 e. The molecule has 0 saturated carbocycles. The topological polar surface area (TPSA) is 55.2 Å². The smallest absolute Gasteiger partial charge is 0.231 e. The van der Waals surface area contributed by atoms with Crippen molar-refractivity contribution in [3.05, 3.63) is 59.2 Å². The molecule has 0 fully saturated rings. The number of aryl methyl sites for hydroxylation is 1. The first kappa shape index (κ1) is 15.1. The van der Waals surface area contributed by atoms with Gasteiger partial charge >= 0.3 is 0 Å². The van der Waals surface area contributed by atoms with Gasteiger partial charge in [-0.2, -0.15) is 5.10 Å². The molecule has 2 aliphatic heterocycles. The number of benzene rings is 2. The number of amidine groups is 1. The molecule has 0 atom stereocenters. The van der Waals surface area contributed by atoms with Crippen LogP contribution in [0, 0.1) is 6.92 Å². The molecule has 0 saturated heterocycles. The lowest BCUT2D eigenvalue weighted by molar-refractivity contribution is 0.174. The van der Waals surface area contributed by atoms with Gasteiger partial charge in [0.2, 0.25) is 6.79 Å². The Hall–Kier alpha value is -2.47. The number of nitrogens with one attached hydrogen (secondary N) is 1. The lowest BCUT2D eigenvalue weighted by Gasteiger charge is -2.15. The summed E-state index contributed by atoms with van der Waals surface area (Å²) in [5.74, 6) is 2.40. The fourth-order valence-electron chi connectivity index (χ4n) is 2.49. The van der Waals surface area contributed by atoms with Gasteiger partial charge in [0.05, 0.1) is 12.3 Å². The fraction of sp³-hybridized carbons (Fsp3) is 0.222. The number of hydrogen-bond donors (Lipinski definition) is 1. The predicted octanol–water partition coefficient (Wildman–Crippen LogP) is 3.32. The Kier molecular flexibility index (Phi) is 4.13. The van der Waals surface area contributed by atoms with Crippen molar-refractivity contribution in [1.82, 2.24) is 5.43 Å². The molecule has 2 heterocycles. The number of nitrogens with zero attached hydrogens (tertiary/aromatic N) is 2. The minimum Gasteiger partial charge on any atom is -0.454 e. The number of thioether (sulfide) groups is 1. The van der Waals surface area contributed by atoms with Crippen LogP contribution < -0.4 is 14.9 Å². The number of fused-ring (bicyclic) bond motifs is 1. The monoisotopic (exact) mass is 339 g/mol. The van der Waals surface area contributed by atoms with Crippen LogP contribution in [-0.4, -0.2) is 23.4 Å². The highest BCUT2D eigenvalue weighted by atomic mass is 32.2. The number of rotatable bonds is 3. The molecule has 0 radical (unpaired) electrons. The first-order chi connectivity index (χ1) is 11.8. The molecule has 0 unspecified atom stereocenters. The molecule has 0 amide bonds. The zero-order valence-electron chi connectivity index (χ0n) is 13.3. The fourth-order valence-corrected chi connectivity index (χ4v) is 3.26. The minimum atomic E-state index is 0.293. The van der Waals surface area contributed by atoms with Gasteiger partial charge in [0.1, 0.15) is 0 Å². The number of hydrazone groups is 1. The van der Waals surface area contributed by atoms with Crippen LogP contribution in [-0.2, 0) is 6.54 Å². The van der Waals surface area contributed by atoms with Crippen molar-refractivity contribution in [2.45, 2.75) is 13.5 Å². The highest BCUT2D eigenvalue weighted by Crippen LogP contribution is 2.32. The van der Waals surface area contributed by atoms with Crippen LogP contribution in [0.4, 0.5) is 0 Å². The van der Waals surface area contributed by atoms with E-state index in [2.05, 4.69) is 46.7 Å². The Balaban J connectivity index is 1.41. The van der Waals surface area contributed by atoms with Crippen molar-refractivity contribution in [1.29, 1.82) is 0 Å². The summed E-state index contributed by atoms with van der Waals surface area (Å²) in [5, 5.41) is 5.29. The van der Waals surface area contributed by atoms with Crippen LogP contribution in [0.2, 0.25) is 0 Å². The highest BCUT2D eigenvalue weighted by molar-refractivity contribution is 8.14. The van der Waals surface area contributed by atoms with Gasteiger partial charge in [0.25, 0.3) is 0 Å². The molecular weight excluding hydrogens is 322 g/mol. The van der Waals surface area contributed by atoms with Crippen molar-refractivity contribution in [3.63, 3.8) is 0 Å². The summed E-state index contributed by atoms with van der Waals surface area (Å²) in [4.78, 5) is 4.59. The third-order valence-electron chi connectivity index (χ3n) is 3.86. The summed E-state index contributed by atoms with van der Waals surface area (Å²) in [7, 11) is 0. The summed E-state index contributed by atoms with van der Waals surface area (Å²) in [6, 6.07) is 14.3. The second-order valence-corrected chi connectivity index (χ2v) is 6.60. The Labute approximate surface area is 144 Å². The van der Waals surface area contributed by atoms with E-state index in [1.165, 1.54) is 5.56 Å². The van der Waals surface area contributed by atoms with Gasteiger partial charge in [-0.3, -0.25) is 10.4 Å². The molecule has 1 N–H and O–H groups in total. The van der Waals surface area contributed by atoms with Crippen LogP contribution in [0.1, 0.15) is 16.7 Å². The minimum absolute atomic E-state index is 0.293. The van der Waals surface area contributed by atoms with Crippen LogP contribution in [0.3, 0.4) is 0 Å². The van der Waals surface area contributed by atoms with E-state index >= 15 is 0 Å². The van der Waals surface area contributed by atoms with Crippen LogP contribution >= 0.6 is 11.8 Å². The lowest BCUT2D eigenvalue weighted by Crippen LogP contribution is -2.25. The average Bonchev–Trinajstić information content (AvgIpc) is 3.09. The highest BCUT2D eigenvalue weighted by Gasteiger charge is 2.14. The van der Waals surface area contributed by atoms with Crippen molar-refractivity contribution in [2.24, 2.45) is 10.1 Å². The van der Waals surface area contributed by atoms with E-state index in [9.17, 15) is 0 Å². The molecule has 0 aliphatic carbocycles. The molecule has 122 valence electrons. The average molecular weight is 339 g/mol. The van der Waals surface area contributed by atoms with Crippen molar-refractivity contribution >= 4 is 22.6 Å². The molecule has 24 heavy (non-hydrogen) atoms. The van der Waals surface area contributed by atoms with Crippen LogP contribution in [0.15, 0.2) is 52.6 Å².